The number of benzene rings is 2. The molecule has 1 fully saturated rings. The number of nitrogens with zero attached hydrogens (tertiary/aromatic N) is 1. The normalized spacial score (nSPS) is 14.2. The van der Waals surface area contributed by atoms with E-state index in [1.165, 1.54) is 36.0 Å². The lowest BCUT2D eigenvalue weighted by Crippen LogP contribution is -2.41. The highest BCUT2D eigenvalue weighted by Crippen LogP contribution is 2.34. The number of nitrogens with one attached hydrogen (secondary N) is 2. The van der Waals surface area contributed by atoms with E-state index in [2.05, 4.69) is 10.9 Å². The van der Waals surface area contributed by atoms with Crippen LogP contribution in [0.5, 0.6) is 11.5 Å². The summed E-state index contributed by atoms with van der Waals surface area (Å²) in [5.74, 6) is -0.295. The number of halogens is 1. The molecule has 1 saturated heterocycles. The van der Waals surface area contributed by atoms with Crippen LogP contribution in [0.2, 0.25) is 0 Å². The summed E-state index contributed by atoms with van der Waals surface area (Å²) in [6.07, 6.45) is 3.93. The Morgan fingerprint density at radius 3 is 2.44 bits per heavy atom. The first-order chi connectivity index (χ1) is 17.3. The van der Waals surface area contributed by atoms with E-state index in [9.17, 15) is 18.8 Å². The molecule has 0 spiro atoms. The van der Waals surface area contributed by atoms with Gasteiger partial charge in [0.25, 0.3) is 11.8 Å². The highest BCUT2D eigenvalue weighted by Gasteiger charge is 2.31. The number of rotatable bonds is 10. The summed E-state index contributed by atoms with van der Waals surface area (Å²) < 4.78 is 24.0. The molecule has 0 bridgehead atoms. The Balaban J connectivity index is 1.40. The summed E-state index contributed by atoms with van der Waals surface area (Å²) in [7, 11) is 3.11. The molecule has 0 aromatic heterocycles. The molecule has 0 aliphatic carbocycles. The predicted molar refractivity (Wildman–Crippen MR) is 140 cm³/mol. The minimum Gasteiger partial charge on any atom is -0.493 e. The second-order valence-electron chi connectivity index (χ2n) is 7.77. The van der Waals surface area contributed by atoms with E-state index < -0.39 is 11.7 Å². The summed E-state index contributed by atoms with van der Waals surface area (Å²) in [6, 6.07) is 10.4. The standard InChI is InChI=1S/C25H26FN3O5S2/c1-33-19-12-7-16(14-20(19)34-2)15-21-24(32)29(25(35)36-21)13-5-3-4-6-22(30)27-28-23(31)17-8-10-18(26)11-9-17/h7-12,14-15H,3-6,13H2,1-2H3,(H,27,30)(H,28,31)/b21-15-. The fourth-order valence-corrected chi connectivity index (χ4v) is 4.69. The Labute approximate surface area is 218 Å². The first-order valence-corrected chi connectivity index (χ1v) is 12.4. The van der Waals surface area contributed by atoms with Crippen LogP contribution in [0, 0.1) is 5.82 Å². The van der Waals surface area contributed by atoms with Crippen LogP contribution >= 0.6 is 24.0 Å². The van der Waals surface area contributed by atoms with E-state index in [0.717, 1.165) is 5.56 Å². The molecule has 1 aliphatic rings. The van der Waals surface area contributed by atoms with Crippen molar-refractivity contribution in [3.8, 4) is 11.5 Å². The lowest BCUT2D eigenvalue weighted by Gasteiger charge is -2.14. The van der Waals surface area contributed by atoms with Crippen molar-refractivity contribution >= 4 is 52.1 Å². The lowest BCUT2D eigenvalue weighted by molar-refractivity contribution is -0.123. The lowest BCUT2D eigenvalue weighted by atomic mass is 10.1. The molecule has 1 heterocycles. The number of carbonyl (C=O) groups excluding carboxylic acids is 3. The second-order valence-corrected chi connectivity index (χ2v) is 9.44. The van der Waals surface area contributed by atoms with Gasteiger partial charge in [0.05, 0.1) is 19.1 Å². The first-order valence-electron chi connectivity index (χ1n) is 11.1. The molecule has 0 unspecified atom stereocenters. The molecule has 0 saturated carbocycles. The average Bonchev–Trinajstić information content (AvgIpc) is 3.14. The summed E-state index contributed by atoms with van der Waals surface area (Å²) in [5.41, 5.74) is 5.67. The maximum absolute atomic E-state index is 12.9. The van der Waals surface area contributed by atoms with Crippen molar-refractivity contribution in [3.63, 3.8) is 0 Å². The molecular weight excluding hydrogens is 505 g/mol. The maximum Gasteiger partial charge on any atom is 0.269 e. The van der Waals surface area contributed by atoms with Gasteiger partial charge in [-0.1, -0.05) is 36.5 Å². The van der Waals surface area contributed by atoms with Gasteiger partial charge in [-0.15, -0.1) is 0 Å². The van der Waals surface area contributed by atoms with Gasteiger partial charge in [0.15, 0.2) is 11.5 Å². The monoisotopic (exact) mass is 531 g/mol. The Morgan fingerprint density at radius 1 is 1.03 bits per heavy atom. The fourth-order valence-electron chi connectivity index (χ4n) is 3.38. The Morgan fingerprint density at radius 2 is 1.75 bits per heavy atom. The van der Waals surface area contributed by atoms with Crippen molar-refractivity contribution in [2.45, 2.75) is 25.7 Å². The zero-order valence-corrected chi connectivity index (χ0v) is 21.5. The highest BCUT2D eigenvalue weighted by molar-refractivity contribution is 8.26. The minimum absolute atomic E-state index is 0.152. The van der Waals surface area contributed by atoms with Gasteiger partial charge in [-0.25, -0.2) is 4.39 Å². The summed E-state index contributed by atoms with van der Waals surface area (Å²) in [5, 5.41) is 0. The molecule has 8 nitrogen and oxygen atoms in total. The molecule has 2 aromatic carbocycles. The van der Waals surface area contributed by atoms with E-state index in [4.69, 9.17) is 21.7 Å². The molecule has 36 heavy (non-hydrogen) atoms. The molecule has 3 amide bonds. The van der Waals surface area contributed by atoms with Crippen molar-refractivity contribution in [2.24, 2.45) is 0 Å². The smallest absolute Gasteiger partial charge is 0.269 e. The van der Waals surface area contributed by atoms with Crippen LogP contribution in [-0.2, 0) is 9.59 Å². The number of ether oxygens (including phenoxy) is 2. The van der Waals surface area contributed by atoms with Gasteiger partial charge in [-0.05, 0) is 60.9 Å². The van der Waals surface area contributed by atoms with E-state index in [1.54, 1.807) is 37.3 Å². The molecule has 2 N–H and O–H groups in total. The molecule has 11 heteroatoms. The van der Waals surface area contributed by atoms with Crippen LogP contribution in [0.25, 0.3) is 6.08 Å². The van der Waals surface area contributed by atoms with Crippen LogP contribution in [0.1, 0.15) is 41.6 Å². The third-order valence-electron chi connectivity index (χ3n) is 5.29. The van der Waals surface area contributed by atoms with Gasteiger partial charge in [0.1, 0.15) is 10.1 Å². The second kappa shape index (κ2) is 13.0. The van der Waals surface area contributed by atoms with Crippen molar-refractivity contribution in [1.29, 1.82) is 0 Å². The maximum atomic E-state index is 12.9. The fraction of sp³-hybridized carbons (Fsp3) is 0.280. The van der Waals surface area contributed by atoms with Crippen LogP contribution < -0.4 is 20.3 Å². The van der Waals surface area contributed by atoms with E-state index in [1.807, 2.05) is 6.07 Å². The number of hydrogen-bond acceptors (Lipinski definition) is 7. The van der Waals surface area contributed by atoms with Crippen LogP contribution in [-0.4, -0.2) is 47.7 Å². The average molecular weight is 532 g/mol. The Bertz CT molecular complexity index is 1170. The van der Waals surface area contributed by atoms with Gasteiger partial charge in [0.2, 0.25) is 5.91 Å². The minimum atomic E-state index is -0.529. The molecule has 1 aliphatic heterocycles. The van der Waals surface area contributed by atoms with Crippen molar-refractivity contribution in [2.75, 3.05) is 20.8 Å². The van der Waals surface area contributed by atoms with Gasteiger partial charge in [-0.2, -0.15) is 0 Å². The SMILES string of the molecule is COc1ccc(/C=C2\SC(=S)N(CCCCCC(=O)NNC(=O)c3ccc(F)cc3)C2=O)cc1OC. The number of thioether (sulfide) groups is 1. The van der Waals surface area contributed by atoms with Gasteiger partial charge < -0.3 is 9.47 Å². The van der Waals surface area contributed by atoms with Gasteiger partial charge in [-0.3, -0.25) is 30.1 Å². The first kappa shape index (κ1) is 27.2. The van der Waals surface area contributed by atoms with Gasteiger partial charge >= 0.3 is 0 Å². The quantitative estimate of drug-likeness (QED) is 0.207. The van der Waals surface area contributed by atoms with E-state index in [0.29, 0.717) is 46.5 Å². The molecule has 0 atom stereocenters. The third-order valence-corrected chi connectivity index (χ3v) is 6.66. The predicted octanol–water partition coefficient (Wildman–Crippen LogP) is 4.07. The largest absolute Gasteiger partial charge is 0.493 e. The number of unbranched alkanes of at least 4 members (excludes halogenated alkanes) is 2. The number of hydrazine groups is 1. The summed E-state index contributed by atoms with van der Waals surface area (Å²) in [6.45, 7) is 0.455. The summed E-state index contributed by atoms with van der Waals surface area (Å²) in [4.78, 5) is 38.8. The molecule has 2 aromatic rings. The zero-order valence-electron chi connectivity index (χ0n) is 19.8. The number of methoxy groups -OCH3 is 2. The molecule has 0 radical (unpaired) electrons. The number of carbonyl (C=O) groups is 3. The number of thiocarbonyl (C=S) groups is 1. The Hall–Kier alpha value is -3.44. The molecule has 190 valence electrons. The summed E-state index contributed by atoms with van der Waals surface area (Å²) >= 11 is 6.63. The van der Waals surface area contributed by atoms with Crippen LogP contribution in [0.15, 0.2) is 47.4 Å². The number of amides is 3. The third kappa shape index (κ3) is 7.28. The van der Waals surface area contributed by atoms with Crippen molar-refractivity contribution in [1.82, 2.24) is 15.8 Å². The number of hydrogen-bond donors (Lipinski definition) is 2. The van der Waals surface area contributed by atoms with E-state index >= 15 is 0 Å². The molecule has 3 rings (SSSR count). The van der Waals surface area contributed by atoms with Crippen molar-refractivity contribution in [3.05, 3.63) is 64.3 Å². The Kier molecular flexibility index (Phi) is 9.83. The van der Waals surface area contributed by atoms with Crippen molar-refractivity contribution < 1.29 is 28.2 Å². The van der Waals surface area contributed by atoms with Crippen LogP contribution in [0.3, 0.4) is 0 Å². The van der Waals surface area contributed by atoms with Crippen LogP contribution in [0.4, 0.5) is 4.39 Å². The zero-order chi connectivity index (χ0) is 26.1. The topological polar surface area (TPSA) is 97.0 Å². The van der Waals surface area contributed by atoms with Gasteiger partial charge in [0, 0.05) is 18.5 Å². The molecular formula is C25H26FN3O5S2. The van der Waals surface area contributed by atoms with E-state index in [-0.39, 0.29) is 23.8 Å². The highest BCUT2D eigenvalue weighted by atomic mass is 32.2.